The zero-order chi connectivity index (χ0) is 13.1. The SMILES string of the molecule is Cc1nc(C)n(C(CC(N)=S)c2ccccc2)n1. The Morgan fingerprint density at radius 3 is 2.50 bits per heavy atom. The number of hydrogen-bond donors (Lipinski definition) is 1. The summed E-state index contributed by atoms with van der Waals surface area (Å²) < 4.78 is 1.89. The van der Waals surface area contributed by atoms with Gasteiger partial charge in [-0.05, 0) is 19.4 Å². The van der Waals surface area contributed by atoms with E-state index in [-0.39, 0.29) is 6.04 Å². The average molecular weight is 260 g/mol. The van der Waals surface area contributed by atoms with Crippen LogP contribution in [0.3, 0.4) is 0 Å². The van der Waals surface area contributed by atoms with E-state index in [0.717, 1.165) is 17.2 Å². The fraction of sp³-hybridized carbons (Fsp3) is 0.308. The summed E-state index contributed by atoms with van der Waals surface area (Å²) in [5.41, 5.74) is 6.83. The van der Waals surface area contributed by atoms with Crippen molar-refractivity contribution >= 4 is 17.2 Å². The van der Waals surface area contributed by atoms with Gasteiger partial charge in [-0.15, -0.1) is 0 Å². The molecule has 2 N–H and O–H groups in total. The average Bonchev–Trinajstić information content (AvgIpc) is 2.66. The maximum Gasteiger partial charge on any atom is 0.147 e. The number of rotatable bonds is 4. The Labute approximate surface area is 112 Å². The van der Waals surface area contributed by atoms with Gasteiger partial charge < -0.3 is 5.73 Å². The molecule has 0 fully saturated rings. The third-order valence-electron chi connectivity index (χ3n) is 2.78. The molecule has 1 atom stereocenters. The Bertz CT molecular complexity index is 547. The normalized spacial score (nSPS) is 12.3. The van der Waals surface area contributed by atoms with E-state index in [4.69, 9.17) is 18.0 Å². The molecule has 0 aliphatic rings. The molecule has 0 saturated carbocycles. The lowest BCUT2D eigenvalue weighted by molar-refractivity contribution is 0.521. The zero-order valence-corrected chi connectivity index (χ0v) is 11.3. The van der Waals surface area contributed by atoms with Crippen LogP contribution in [0.5, 0.6) is 0 Å². The van der Waals surface area contributed by atoms with E-state index in [1.807, 2.05) is 36.7 Å². The molecule has 0 aliphatic heterocycles. The van der Waals surface area contributed by atoms with Crippen LogP contribution in [0.25, 0.3) is 0 Å². The summed E-state index contributed by atoms with van der Waals surface area (Å²) in [5.74, 6) is 1.63. The molecular formula is C13H16N4S. The molecule has 18 heavy (non-hydrogen) atoms. The first kappa shape index (κ1) is 12.7. The lowest BCUT2D eigenvalue weighted by atomic mass is 10.0. The van der Waals surface area contributed by atoms with E-state index < -0.39 is 0 Å². The molecule has 0 aliphatic carbocycles. The fourth-order valence-corrected chi connectivity index (χ4v) is 2.20. The van der Waals surface area contributed by atoms with Crippen molar-refractivity contribution in [2.45, 2.75) is 26.3 Å². The van der Waals surface area contributed by atoms with Crippen LogP contribution in [-0.4, -0.2) is 19.8 Å². The predicted octanol–water partition coefficient (Wildman–Crippen LogP) is 2.16. The molecule has 0 amide bonds. The highest BCUT2D eigenvalue weighted by molar-refractivity contribution is 7.80. The molecule has 0 saturated heterocycles. The fourth-order valence-electron chi connectivity index (χ4n) is 2.04. The topological polar surface area (TPSA) is 56.7 Å². The number of aryl methyl sites for hydroxylation is 2. The van der Waals surface area contributed by atoms with Gasteiger partial charge in [-0.25, -0.2) is 9.67 Å². The maximum atomic E-state index is 5.69. The van der Waals surface area contributed by atoms with Crippen LogP contribution in [0.1, 0.15) is 29.7 Å². The van der Waals surface area contributed by atoms with E-state index in [1.165, 1.54) is 0 Å². The van der Waals surface area contributed by atoms with E-state index in [1.54, 1.807) is 0 Å². The number of nitrogens with two attached hydrogens (primary N) is 1. The van der Waals surface area contributed by atoms with Gasteiger partial charge in [-0.2, -0.15) is 5.10 Å². The first-order valence-corrected chi connectivity index (χ1v) is 6.21. The van der Waals surface area contributed by atoms with E-state index in [0.29, 0.717) is 11.4 Å². The second kappa shape index (κ2) is 5.27. The van der Waals surface area contributed by atoms with Crippen molar-refractivity contribution in [2.24, 2.45) is 5.73 Å². The Balaban J connectivity index is 2.43. The van der Waals surface area contributed by atoms with Crippen molar-refractivity contribution in [3.8, 4) is 0 Å². The van der Waals surface area contributed by atoms with Crippen molar-refractivity contribution < 1.29 is 0 Å². The van der Waals surface area contributed by atoms with Gasteiger partial charge in [-0.3, -0.25) is 0 Å². The third-order valence-corrected chi connectivity index (χ3v) is 2.95. The molecule has 2 rings (SSSR count). The molecule has 0 spiro atoms. The highest BCUT2D eigenvalue weighted by Gasteiger charge is 2.18. The van der Waals surface area contributed by atoms with Crippen LogP contribution >= 0.6 is 12.2 Å². The minimum absolute atomic E-state index is 0.0184. The van der Waals surface area contributed by atoms with E-state index in [9.17, 15) is 0 Å². The molecule has 2 aromatic rings. The van der Waals surface area contributed by atoms with Crippen molar-refractivity contribution in [3.63, 3.8) is 0 Å². The number of benzene rings is 1. The Morgan fingerprint density at radius 1 is 1.33 bits per heavy atom. The zero-order valence-electron chi connectivity index (χ0n) is 10.5. The van der Waals surface area contributed by atoms with Crippen LogP contribution in [0.15, 0.2) is 30.3 Å². The first-order chi connectivity index (χ1) is 8.58. The molecule has 0 bridgehead atoms. The molecule has 1 heterocycles. The summed E-state index contributed by atoms with van der Waals surface area (Å²) in [6.45, 7) is 3.82. The summed E-state index contributed by atoms with van der Waals surface area (Å²) in [6, 6.07) is 10.1. The summed E-state index contributed by atoms with van der Waals surface area (Å²) in [7, 11) is 0. The first-order valence-electron chi connectivity index (χ1n) is 5.81. The highest BCUT2D eigenvalue weighted by Crippen LogP contribution is 2.22. The number of thiocarbonyl (C=S) groups is 1. The molecule has 94 valence electrons. The summed E-state index contributed by atoms with van der Waals surface area (Å²) in [6.07, 6.45) is 0.586. The van der Waals surface area contributed by atoms with Crippen molar-refractivity contribution in [2.75, 3.05) is 0 Å². The number of hydrogen-bond acceptors (Lipinski definition) is 3. The molecule has 1 unspecified atom stereocenters. The quantitative estimate of drug-likeness (QED) is 0.856. The van der Waals surface area contributed by atoms with Gasteiger partial charge in [-0.1, -0.05) is 42.5 Å². The van der Waals surface area contributed by atoms with Gasteiger partial charge in [0.2, 0.25) is 0 Å². The second-order valence-electron chi connectivity index (χ2n) is 4.25. The molecule has 1 aromatic heterocycles. The van der Waals surface area contributed by atoms with Crippen molar-refractivity contribution in [3.05, 3.63) is 47.5 Å². The third kappa shape index (κ3) is 2.73. The van der Waals surface area contributed by atoms with Crippen molar-refractivity contribution in [1.29, 1.82) is 0 Å². The van der Waals surface area contributed by atoms with Gasteiger partial charge in [0.05, 0.1) is 11.0 Å². The summed E-state index contributed by atoms with van der Waals surface area (Å²) in [5, 5.41) is 4.43. The standard InChI is InChI=1S/C13H16N4S/c1-9-15-10(2)17(16-9)12(8-13(14)18)11-6-4-3-5-7-11/h3-7,12H,8H2,1-2H3,(H2,14,18). The summed E-state index contributed by atoms with van der Waals surface area (Å²) in [4.78, 5) is 4.82. The lowest BCUT2D eigenvalue weighted by Crippen LogP contribution is -2.21. The van der Waals surface area contributed by atoms with Crippen LogP contribution in [0, 0.1) is 13.8 Å². The highest BCUT2D eigenvalue weighted by atomic mass is 32.1. The Kier molecular flexibility index (Phi) is 3.72. The molecule has 4 nitrogen and oxygen atoms in total. The molecular weight excluding hydrogens is 244 g/mol. The second-order valence-corrected chi connectivity index (χ2v) is 4.77. The van der Waals surface area contributed by atoms with E-state index >= 15 is 0 Å². The van der Waals surface area contributed by atoms with Crippen LogP contribution in [0.4, 0.5) is 0 Å². The van der Waals surface area contributed by atoms with Gasteiger partial charge in [0.1, 0.15) is 11.6 Å². The van der Waals surface area contributed by atoms with Gasteiger partial charge in [0.25, 0.3) is 0 Å². The van der Waals surface area contributed by atoms with Crippen LogP contribution in [0.2, 0.25) is 0 Å². The van der Waals surface area contributed by atoms with Gasteiger partial charge in [0.15, 0.2) is 0 Å². The number of aromatic nitrogens is 3. The Morgan fingerprint density at radius 2 is 2.00 bits per heavy atom. The largest absolute Gasteiger partial charge is 0.393 e. The van der Waals surface area contributed by atoms with Gasteiger partial charge >= 0.3 is 0 Å². The monoisotopic (exact) mass is 260 g/mol. The lowest BCUT2D eigenvalue weighted by Gasteiger charge is -2.18. The Hall–Kier alpha value is -1.75. The maximum absolute atomic E-state index is 5.69. The predicted molar refractivity (Wildman–Crippen MR) is 75.5 cm³/mol. The van der Waals surface area contributed by atoms with E-state index in [2.05, 4.69) is 22.2 Å². The molecule has 5 heteroatoms. The molecule has 1 aromatic carbocycles. The smallest absolute Gasteiger partial charge is 0.147 e. The van der Waals surface area contributed by atoms with Crippen molar-refractivity contribution in [1.82, 2.24) is 14.8 Å². The summed E-state index contributed by atoms with van der Waals surface area (Å²) >= 11 is 5.04. The molecule has 0 radical (unpaired) electrons. The minimum Gasteiger partial charge on any atom is -0.393 e. The number of nitrogens with zero attached hydrogens (tertiary/aromatic N) is 3. The minimum atomic E-state index is 0.0184. The van der Waals surface area contributed by atoms with Crippen LogP contribution < -0.4 is 5.73 Å². The van der Waals surface area contributed by atoms with Gasteiger partial charge in [0, 0.05) is 6.42 Å². The van der Waals surface area contributed by atoms with Crippen LogP contribution in [-0.2, 0) is 0 Å².